The first-order chi connectivity index (χ1) is 11.3. The second kappa shape index (κ2) is 6.25. The summed E-state index contributed by atoms with van der Waals surface area (Å²) in [6, 6.07) is 17.0. The molecule has 0 aliphatic carbocycles. The molecular formula is C20H24N2O. The largest absolute Gasteiger partial charge is 0.489 e. The van der Waals surface area contributed by atoms with E-state index in [1.807, 2.05) is 7.05 Å². The highest BCUT2D eigenvalue weighted by atomic mass is 16.5. The molecule has 3 nitrogen and oxygen atoms in total. The van der Waals surface area contributed by atoms with Gasteiger partial charge in [0.05, 0.1) is 0 Å². The molecule has 3 aliphatic rings. The molecule has 1 atom stereocenters. The first-order valence-electron chi connectivity index (χ1n) is 8.59. The molecule has 2 bridgehead atoms. The third-order valence-electron chi connectivity index (χ3n) is 5.24. The summed E-state index contributed by atoms with van der Waals surface area (Å²) in [5.41, 5.74) is 3.60. The van der Waals surface area contributed by atoms with Crippen LogP contribution in [0.4, 0.5) is 5.69 Å². The van der Waals surface area contributed by atoms with Crippen LogP contribution in [0.5, 0.6) is 5.75 Å². The predicted molar refractivity (Wildman–Crippen MR) is 95.0 cm³/mol. The SMILES string of the molecule is CNc1ccc(-c2ccc(O[C@H]3CN4CCC3CC4)cc2)cc1. The standard InChI is InChI=1S/C20H24N2O/c1-21-18-6-2-15(3-7-18)16-4-8-19(9-5-16)23-20-14-22-12-10-17(20)11-13-22/h2-9,17,20-21H,10-14H2,1H3/t20-/m0/s1. The van der Waals surface area contributed by atoms with Crippen molar-refractivity contribution in [1.29, 1.82) is 0 Å². The van der Waals surface area contributed by atoms with Gasteiger partial charge in [-0.25, -0.2) is 0 Å². The van der Waals surface area contributed by atoms with E-state index < -0.39 is 0 Å². The van der Waals surface area contributed by atoms with Gasteiger partial charge in [-0.3, -0.25) is 4.90 Å². The number of nitrogens with one attached hydrogen (secondary N) is 1. The minimum atomic E-state index is 0.373. The first-order valence-corrected chi connectivity index (χ1v) is 8.59. The van der Waals surface area contributed by atoms with Crippen LogP contribution in [0.2, 0.25) is 0 Å². The number of hydrogen-bond acceptors (Lipinski definition) is 3. The maximum absolute atomic E-state index is 6.26. The van der Waals surface area contributed by atoms with E-state index in [1.165, 1.54) is 37.1 Å². The minimum Gasteiger partial charge on any atom is -0.489 e. The van der Waals surface area contributed by atoms with E-state index in [0.29, 0.717) is 6.10 Å². The smallest absolute Gasteiger partial charge is 0.119 e. The van der Waals surface area contributed by atoms with Crippen LogP contribution in [0.15, 0.2) is 48.5 Å². The Morgan fingerprint density at radius 2 is 1.52 bits per heavy atom. The van der Waals surface area contributed by atoms with Gasteiger partial charge in [-0.15, -0.1) is 0 Å². The number of nitrogens with zero attached hydrogens (tertiary/aromatic N) is 1. The molecule has 0 radical (unpaired) electrons. The zero-order valence-electron chi connectivity index (χ0n) is 13.7. The summed E-state index contributed by atoms with van der Waals surface area (Å²) in [5.74, 6) is 1.74. The van der Waals surface area contributed by atoms with Crippen molar-refractivity contribution in [3.63, 3.8) is 0 Å². The maximum atomic E-state index is 6.26. The van der Waals surface area contributed by atoms with Gasteiger partial charge in [0, 0.05) is 19.3 Å². The molecule has 0 aromatic heterocycles. The van der Waals surface area contributed by atoms with Gasteiger partial charge in [-0.2, -0.15) is 0 Å². The van der Waals surface area contributed by atoms with Gasteiger partial charge in [0.1, 0.15) is 11.9 Å². The van der Waals surface area contributed by atoms with Gasteiger partial charge < -0.3 is 10.1 Å². The Morgan fingerprint density at radius 3 is 2.04 bits per heavy atom. The summed E-state index contributed by atoms with van der Waals surface area (Å²) >= 11 is 0. The Bertz CT molecular complexity index is 642. The molecule has 3 aliphatic heterocycles. The molecular weight excluding hydrogens is 284 g/mol. The molecule has 5 rings (SSSR count). The van der Waals surface area contributed by atoms with Crippen LogP contribution in [-0.4, -0.2) is 37.7 Å². The van der Waals surface area contributed by atoms with Crippen LogP contribution in [0.25, 0.3) is 11.1 Å². The fourth-order valence-corrected chi connectivity index (χ4v) is 3.77. The molecule has 23 heavy (non-hydrogen) atoms. The highest BCUT2D eigenvalue weighted by Gasteiger charge is 2.35. The number of benzene rings is 2. The Kier molecular flexibility index (Phi) is 3.96. The zero-order valence-corrected chi connectivity index (χ0v) is 13.7. The number of rotatable bonds is 4. The summed E-state index contributed by atoms with van der Waals surface area (Å²) in [5, 5.41) is 3.15. The zero-order chi connectivity index (χ0) is 15.6. The van der Waals surface area contributed by atoms with E-state index in [1.54, 1.807) is 0 Å². The van der Waals surface area contributed by atoms with Crippen LogP contribution >= 0.6 is 0 Å². The lowest BCUT2D eigenvalue weighted by Gasteiger charge is -2.44. The number of hydrogen-bond donors (Lipinski definition) is 1. The fourth-order valence-electron chi connectivity index (χ4n) is 3.77. The number of anilines is 1. The Balaban J connectivity index is 1.45. The minimum absolute atomic E-state index is 0.373. The van der Waals surface area contributed by atoms with E-state index in [-0.39, 0.29) is 0 Å². The molecule has 2 aromatic rings. The van der Waals surface area contributed by atoms with Crippen molar-refractivity contribution in [2.45, 2.75) is 18.9 Å². The van der Waals surface area contributed by atoms with Gasteiger partial charge >= 0.3 is 0 Å². The van der Waals surface area contributed by atoms with E-state index in [0.717, 1.165) is 23.9 Å². The number of fused-ring (bicyclic) bond motifs is 3. The average molecular weight is 308 g/mol. The summed E-state index contributed by atoms with van der Waals surface area (Å²) < 4.78 is 6.26. The lowest BCUT2D eigenvalue weighted by atomic mass is 9.86. The Labute approximate surface area is 138 Å². The maximum Gasteiger partial charge on any atom is 0.119 e. The fraction of sp³-hybridized carbons (Fsp3) is 0.400. The Morgan fingerprint density at radius 1 is 0.913 bits per heavy atom. The second-order valence-electron chi connectivity index (χ2n) is 6.65. The van der Waals surface area contributed by atoms with Crippen molar-refractivity contribution < 1.29 is 4.74 Å². The Hall–Kier alpha value is -2.00. The topological polar surface area (TPSA) is 24.5 Å². The van der Waals surface area contributed by atoms with Crippen molar-refractivity contribution in [1.82, 2.24) is 4.90 Å². The normalized spacial score (nSPS) is 26.0. The van der Waals surface area contributed by atoms with Crippen LogP contribution in [0.3, 0.4) is 0 Å². The van der Waals surface area contributed by atoms with Crippen molar-refractivity contribution >= 4 is 5.69 Å². The molecule has 2 aromatic carbocycles. The van der Waals surface area contributed by atoms with Crippen LogP contribution in [0.1, 0.15) is 12.8 Å². The third kappa shape index (κ3) is 3.06. The lowest BCUT2D eigenvalue weighted by Crippen LogP contribution is -2.52. The van der Waals surface area contributed by atoms with Gasteiger partial charge in [-0.05, 0) is 67.2 Å². The van der Waals surface area contributed by atoms with E-state index in [9.17, 15) is 0 Å². The van der Waals surface area contributed by atoms with Crippen LogP contribution in [0, 0.1) is 5.92 Å². The molecule has 0 amide bonds. The second-order valence-corrected chi connectivity index (χ2v) is 6.65. The van der Waals surface area contributed by atoms with Crippen molar-refractivity contribution in [2.24, 2.45) is 5.92 Å². The molecule has 120 valence electrons. The van der Waals surface area contributed by atoms with Gasteiger partial charge in [0.25, 0.3) is 0 Å². The average Bonchev–Trinajstić information content (AvgIpc) is 2.63. The van der Waals surface area contributed by atoms with Crippen molar-refractivity contribution in [2.75, 3.05) is 32.0 Å². The monoisotopic (exact) mass is 308 g/mol. The number of piperidine rings is 3. The predicted octanol–water partition coefficient (Wildman–Crippen LogP) is 3.87. The summed E-state index contributed by atoms with van der Waals surface area (Å²) in [7, 11) is 1.94. The quantitative estimate of drug-likeness (QED) is 0.928. The van der Waals surface area contributed by atoms with Gasteiger partial charge in [0.15, 0.2) is 0 Å². The molecule has 0 saturated carbocycles. The van der Waals surface area contributed by atoms with E-state index in [2.05, 4.69) is 58.7 Å². The molecule has 1 N–H and O–H groups in total. The van der Waals surface area contributed by atoms with Crippen LogP contribution < -0.4 is 10.1 Å². The number of ether oxygens (including phenoxy) is 1. The molecule has 0 unspecified atom stereocenters. The summed E-state index contributed by atoms with van der Waals surface area (Å²) in [4.78, 5) is 2.53. The van der Waals surface area contributed by atoms with Crippen LogP contribution in [-0.2, 0) is 0 Å². The molecule has 3 fully saturated rings. The molecule has 3 heterocycles. The molecule has 3 saturated heterocycles. The van der Waals surface area contributed by atoms with Crippen molar-refractivity contribution in [3.05, 3.63) is 48.5 Å². The highest BCUT2D eigenvalue weighted by Crippen LogP contribution is 2.31. The van der Waals surface area contributed by atoms with Crippen molar-refractivity contribution in [3.8, 4) is 16.9 Å². The summed E-state index contributed by atoms with van der Waals surface area (Å²) in [6.07, 6.45) is 2.96. The van der Waals surface area contributed by atoms with E-state index >= 15 is 0 Å². The lowest BCUT2D eigenvalue weighted by molar-refractivity contribution is -0.00775. The van der Waals surface area contributed by atoms with Gasteiger partial charge in [-0.1, -0.05) is 24.3 Å². The molecule has 3 heteroatoms. The van der Waals surface area contributed by atoms with Gasteiger partial charge in [0.2, 0.25) is 0 Å². The first kappa shape index (κ1) is 14.6. The third-order valence-corrected chi connectivity index (χ3v) is 5.24. The highest BCUT2D eigenvalue weighted by molar-refractivity contribution is 5.66. The molecule has 0 spiro atoms. The summed E-state index contributed by atoms with van der Waals surface area (Å²) in [6.45, 7) is 3.61. The van der Waals surface area contributed by atoms with E-state index in [4.69, 9.17) is 4.74 Å².